The Kier molecular flexibility index (Phi) is 9.69. The predicted octanol–water partition coefficient (Wildman–Crippen LogP) is 4.67. The van der Waals surface area contributed by atoms with E-state index in [9.17, 15) is 14.4 Å². The molecule has 1 heterocycles. The first-order valence-electron chi connectivity index (χ1n) is 12.9. The third kappa shape index (κ3) is 8.60. The van der Waals surface area contributed by atoms with Crippen molar-refractivity contribution in [1.29, 1.82) is 0 Å². The molecule has 1 atom stereocenters. The van der Waals surface area contributed by atoms with Gasteiger partial charge in [-0.3, -0.25) is 14.5 Å². The van der Waals surface area contributed by atoms with Crippen LogP contribution in [0.3, 0.4) is 0 Å². The molecular formula is C29H39N3O5. The molecule has 0 bridgehead atoms. The number of rotatable bonds is 9. The van der Waals surface area contributed by atoms with E-state index in [-0.39, 0.29) is 30.9 Å². The Morgan fingerprint density at radius 3 is 2.41 bits per heavy atom. The fourth-order valence-electron chi connectivity index (χ4n) is 4.55. The number of nitrogens with zero attached hydrogens (tertiary/aromatic N) is 2. The summed E-state index contributed by atoms with van der Waals surface area (Å²) in [5, 5.41) is 11.8. The number of carbonyl (C=O) groups excluding carboxylic acids is 2. The highest BCUT2D eigenvalue weighted by Gasteiger charge is 2.31. The van der Waals surface area contributed by atoms with E-state index in [1.807, 2.05) is 58.0 Å². The number of hydrogen-bond donors (Lipinski definition) is 2. The van der Waals surface area contributed by atoms with Gasteiger partial charge in [-0.05, 0) is 56.4 Å². The van der Waals surface area contributed by atoms with Crippen molar-refractivity contribution in [1.82, 2.24) is 15.1 Å². The third-order valence-electron chi connectivity index (χ3n) is 6.35. The van der Waals surface area contributed by atoms with E-state index in [1.165, 1.54) is 0 Å². The molecule has 2 N–H and O–H groups in total. The summed E-state index contributed by atoms with van der Waals surface area (Å²) in [6.07, 6.45) is 0.202. The highest BCUT2D eigenvalue weighted by atomic mass is 16.6. The molecule has 1 saturated heterocycles. The van der Waals surface area contributed by atoms with Crippen LogP contribution in [0.2, 0.25) is 0 Å². The Labute approximate surface area is 219 Å². The molecule has 2 aromatic carbocycles. The van der Waals surface area contributed by atoms with Gasteiger partial charge in [0.1, 0.15) is 5.60 Å². The van der Waals surface area contributed by atoms with Crippen LogP contribution in [0.1, 0.15) is 58.1 Å². The van der Waals surface area contributed by atoms with E-state index in [2.05, 4.69) is 28.4 Å². The summed E-state index contributed by atoms with van der Waals surface area (Å²) in [5.74, 6) is -1.05. The molecule has 1 aliphatic rings. The number of carboxylic acids is 1. The molecule has 8 heteroatoms. The number of aliphatic carboxylic acids is 1. The molecule has 0 unspecified atom stereocenters. The summed E-state index contributed by atoms with van der Waals surface area (Å²) in [5.41, 5.74) is 3.84. The molecule has 1 fully saturated rings. The summed E-state index contributed by atoms with van der Waals surface area (Å²) in [4.78, 5) is 39.9. The van der Waals surface area contributed by atoms with Gasteiger partial charge in [-0.15, -0.1) is 0 Å². The van der Waals surface area contributed by atoms with Gasteiger partial charge >= 0.3 is 12.1 Å². The monoisotopic (exact) mass is 509 g/mol. The zero-order chi connectivity index (χ0) is 27.0. The summed E-state index contributed by atoms with van der Waals surface area (Å²) in [6.45, 7) is 10.7. The first-order chi connectivity index (χ1) is 17.5. The fourth-order valence-corrected chi connectivity index (χ4v) is 4.55. The van der Waals surface area contributed by atoms with Gasteiger partial charge in [-0.25, -0.2) is 4.79 Å². The number of benzene rings is 2. The maximum Gasteiger partial charge on any atom is 0.410 e. The molecule has 37 heavy (non-hydrogen) atoms. The lowest BCUT2D eigenvalue weighted by atomic mass is 9.94. The number of ether oxygens (including phenoxy) is 1. The van der Waals surface area contributed by atoms with E-state index in [4.69, 9.17) is 9.84 Å². The number of hydrogen-bond acceptors (Lipinski definition) is 5. The molecule has 0 aliphatic carbocycles. The zero-order valence-electron chi connectivity index (χ0n) is 22.3. The van der Waals surface area contributed by atoms with E-state index in [0.717, 1.165) is 22.3 Å². The average Bonchev–Trinajstić information content (AvgIpc) is 2.82. The molecule has 0 aromatic heterocycles. The second-order valence-electron chi connectivity index (χ2n) is 10.6. The van der Waals surface area contributed by atoms with E-state index >= 15 is 0 Å². The van der Waals surface area contributed by atoms with E-state index in [1.54, 1.807) is 4.90 Å². The highest BCUT2D eigenvalue weighted by molar-refractivity contribution is 5.77. The first kappa shape index (κ1) is 28.2. The molecule has 8 nitrogen and oxygen atoms in total. The first-order valence-corrected chi connectivity index (χ1v) is 12.9. The lowest BCUT2D eigenvalue weighted by Gasteiger charge is -2.40. The molecule has 200 valence electrons. The van der Waals surface area contributed by atoms with Crippen LogP contribution in [0.4, 0.5) is 4.79 Å². The summed E-state index contributed by atoms with van der Waals surface area (Å²) >= 11 is 0. The van der Waals surface area contributed by atoms with Gasteiger partial charge in [0.15, 0.2) is 0 Å². The number of nitrogens with one attached hydrogen (secondary N) is 1. The molecule has 0 spiro atoms. The molecule has 2 aromatic rings. The summed E-state index contributed by atoms with van der Waals surface area (Å²) in [7, 11) is 0. The number of amides is 2. The average molecular weight is 510 g/mol. The van der Waals surface area contributed by atoms with Gasteiger partial charge in [0, 0.05) is 51.6 Å². The molecule has 2 amide bonds. The topological polar surface area (TPSA) is 99.2 Å². The predicted molar refractivity (Wildman–Crippen MR) is 143 cm³/mol. The minimum atomic E-state index is -0.897. The Morgan fingerprint density at radius 2 is 1.76 bits per heavy atom. The van der Waals surface area contributed by atoms with Gasteiger partial charge < -0.3 is 20.1 Å². The lowest BCUT2D eigenvalue weighted by molar-refractivity contribution is -0.137. The Balaban J connectivity index is 1.75. The minimum Gasteiger partial charge on any atom is -0.481 e. The quantitative estimate of drug-likeness (QED) is 0.510. The SMILES string of the molecule is C[C@H]1CN(Cc2c(CNC(=O)CCCC(=O)O)cccc2-c2ccccc2)CCN1C(=O)OC(C)(C)C. The number of carboxylic acid groups (broad SMARTS) is 1. The standard InChI is InChI=1S/C29H39N3O5/c1-21-19-31(16-17-32(21)28(36)37-29(2,3)4)20-25-23(18-30-26(33)14-9-15-27(34)35)12-8-13-24(25)22-10-6-5-7-11-22/h5-8,10-13,21H,9,14-20H2,1-4H3,(H,30,33)(H,34,35)/t21-/m0/s1. The summed E-state index contributed by atoms with van der Waals surface area (Å²) < 4.78 is 5.59. The van der Waals surface area contributed by atoms with Gasteiger partial charge in [0.05, 0.1) is 0 Å². The Bertz CT molecular complexity index is 1080. The van der Waals surface area contributed by atoms with Crippen LogP contribution in [0.25, 0.3) is 11.1 Å². The van der Waals surface area contributed by atoms with Crippen LogP contribution in [0, 0.1) is 0 Å². The van der Waals surface area contributed by atoms with Gasteiger partial charge in [-0.1, -0.05) is 48.5 Å². The minimum absolute atomic E-state index is 0.00451. The molecular weight excluding hydrogens is 470 g/mol. The van der Waals surface area contributed by atoms with Crippen LogP contribution >= 0.6 is 0 Å². The maximum atomic E-state index is 12.7. The molecule has 0 saturated carbocycles. The van der Waals surface area contributed by atoms with E-state index < -0.39 is 11.6 Å². The third-order valence-corrected chi connectivity index (χ3v) is 6.35. The van der Waals surface area contributed by atoms with Gasteiger partial charge in [0.25, 0.3) is 0 Å². The van der Waals surface area contributed by atoms with Crippen LogP contribution in [0.15, 0.2) is 48.5 Å². The number of piperazine rings is 1. The largest absolute Gasteiger partial charge is 0.481 e. The van der Waals surface area contributed by atoms with Crippen molar-refractivity contribution in [3.63, 3.8) is 0 Å². The smallest absolute Gasteiger partial charge is 0.410 e. The van der Waals surface area contributed by atoms with Crippen molar-refractivity contribution in [2.45, 2.75) is 71.7 Å². The molecule has 0 radical (unpaired) electrons. The fraction of sp³-hybridized carbons (Fsp3) is 0.483. The van der Waals surface area contributed by atoms with E-state index in [0.29, 0.717) is 39.1 Å². The van der Waals surface area contributed by atoms with Crippen molar-refractivity contribution in [3.05, 3.63) is 59.7 Å². The second kappa shape index (κ2) is 12.7. The van der Waals surface area contributed by atoms with Crippen LogP contribution in [0.5, 0.6) is 0 Å². The van der Waals surface area contributed by atoms with Crippen molar-refractivity contribution in [2.75, 3.05) is 19.6 Å². The highest BCUT2D eigenvalue weighted by Crippen LogP contribution is 2.29. The maximum absolute atomic E-state index is 12.7. The zero-order valence-corrected chi connectivity index (χ0v) is 22.3. The summed E-state index contributed by atoms with van der Waals surface area (Å²) in [6, 6.07) is 16.3. The van der Waals surface area contributed by atoms with Crippen molar-refractivity contribution >= 4 is 18.0 Å². The second-order valence-corrected chi connectivity index (χ2v) is 10.6. The van der Waals surface area contributed by atoms with Crippen LogP contribution in [-0.2, 0) is 27.4 Å². The Hall–Kier alpha value is -3.39. The number of carbonyl (C=O) groups is 3. The van der Waals surface area contributed by atoms with Crippen molar-refractivity contribution in [3.8, 4) is 11.1 Å². The van der Waals surface area contributed by atoms with Gasteiger partial charge in [0.2, 0.25) is 5.91 Å². The normalized spacial score (nSPS) is 16.3. The Morgan fingerprint density at radius 1 is 1.03 bits per heavy atom. The van der Waals surface area contributed by atoms with Gasteiger partial charge in [-0.2, -0.15) is 0 Å². The molecule has 1 aliphatic heterocycles. The van der Waals surface area contributed by atoms with Crippen LogP contribution < -0.4 is 5.32 Å². The van der Waals surface area contributed by atoms with Crippen LogP contribution in [-0.4, -0.2) is 64.2 Å². The van der Waals surface area contributed by atoms with Crippen molar-refractivity contribution < 1.29 is 24.2 Å². The molecule has 3 rings (SSSR count). The lowest BCUT2D eigenvalue weighted by Crippen LogP contribution is -2.54. The van der Waals surface area contributed by atoms with Crippen molar-refractivity contribution in [2.24, 2.45) is 0 Å².